The molecule has 0 aliphatic heterocycles. The van der Waals surface area contributed by atoms with Gasteiger partial charge in [0.05, 0.1) is 0 Å². The van der Waals surface area contributed by atoms with Crippen LogP contribution in [-0.4, -0.2) is 6.17 Å². The molecule has 0 N–H and O–H groups in total. The van der Waals surface area contributed by atoms with Crippen LogP contribution in [0.3, 0.4) is 0 Å². The summed E-state index contributed by atoms with van der Waals surface area (Å²) in [6.07, 6.45) is 2.86. The summed E-state index contributed by atoms with van der Waals surface area (Å²) in [4.78, 5) is 0. The Balaban J connectivity index is 2.30. The van der Waals surface area contributed by atoms with Crippen molar-refractivity contribution >= 4 is 0 Å². The Hall–Kier alpha value is -0.330. The predicted molar refractivity (Wildman–Crippen MR) is 27.9 cm³/mol. The first kappa shape index (κ1) is 4.82. The molecule has 0 heterocycles. The molecule has 0 amide bonds. The van der Waals surface area contributed by atoms with Gasteiger partial charge in [0.2, 0.25) is 0 Å². The van der Waals surface area contributed by atoms with Crippen LogP contribution in [0, 0.1) is 0 Å². The van der Waals surface area contributed by atoms with Crippen LogP contribution in [0.1, 0.15) is 19.8 Å². The summed E-state index contributed by atoms with van der Waals surface area (Å²) in [5.41, 5.74) is 1.27. The first-order valence-corrected chi connectivity index (χ1v) is 2.61. The zero-order valence-electron chi connectivity index (χ0n) is 4.45. The third kappa shape index (κ3) is 0.817. The summed E-state index contributed by atoms with van der Waals surface area (Å²) in [6, 6.07) is 0. The van der Waals surface area contributed by atoms with E-state index in [1.807, 2.05) is 13.0 Å². The molecule has 7 heavy (non-hydrogen) atoms. The minimum atomic E-state index is -0.522. The Morgan fingerprint density at radius 3 is 2.43 bits per heavy atom. The Morgan fingerprint density at radius 1 is 1.71 bits per heavy atom. The maximum Gasteiger partial charge on any atom is 0.107 e. The molecule has 0 aromatic carbocycles. The smallest absolute Gasteiger partial charge is 0.107 e. The summed E-state index contributed by atoms with van der Waals surface area (Å²) >= 11 is 0. The minimum absolute atomic E-state index is 0.522. The normalized spacial score (nSPS) is 29.4. The summed E-state index contributed by atoms with van der Waals surface area (Å²) in [6.45, 7) is 1.96. The third-order valence-electron chi connectivity index (χ3n) is 1.38. The van der Waals surface area contributed by atoms with Gasteiger partial charge in [-0.15, -0.1) is 0 Å². The van der Waals surface area contributed by atoms with E-state index in [0.29, 0.717) is 12.8 Å². The zero-order chi connectivity index (χ0) is 5.28. The van der Waals surface area contributed by atoms with E-state index in [2.05, 4.69) is 0 Å². The van der Waals surface area contributed by atoms with Crippen molar-refractivity contribution in [1.82, 2.24) is 0 Å². The molecule has 0 nitrogen and oxygen atoms in total. The van der Waals surface area contributed by atoms with Gasteiger partial charge in [-0.3, -0.25) is 0 Å². The highest BCUT2D eigenvalue weighted by molar-refractivity contribution is 5.12. The Morgan fingerprint density at radius 2 is 2.29 bits per heavy atom. The lowest BCUT2D eigenvalue weighted by atomic mass is 9.90. The molecule has 0 unspecified atom stereocenters. The van der Waals surface area contributed by atoms with Crippen molar-refractivity contribution in [1.29, 1.82) is 0 Å². The summed E-state index contributed by atoms with van der Waals surface area (Å²) < 4.78 is 11.9. The van der Waals surface area contributed by atoms with Gasteiger partial charge in [-0.25, -0.2) is 4.39 Å². The molecule has 40 valence electrons. The second-order valence-electron chi connectivity index (χ2n) is 1.95. The van der Waals surface area contributed by atoms with Gasteiger partial charge in [-0.1, -0.05) is 11.6 Å². The van der Waals surface area contributed by atoms with Crippen molar-refractivity contribution in [3.05, 3.63) is 11.6 Å². The summed E-state index contributed by atoms with van der Waals surface area (Å²) in [7, 11) is 0. The molecule has 1 fully saturated rings. The molecule has 1 saturated carbocycles. The molecule has 1 heteroatoms. The molecule has 0 bridgehead atoms. The van der Waals surface area contributed by atoms with Gasteiger partial charge in [0.1, 0.15) is 6.17 Å². The maximum absolute atomic E-state index is 11.9. The Labute approximate surface area is 43.0 Å². The molecule has 1 rings (SSSR count). The molecule has 1 aliphatic carbocycles. The van der Waals surface area contributed by atoms with Gasteiger partial charge in [0, 0.05) is 0 Å². The number of rotatable bonds is 0. The van der Waals surface area contributed by atoms with Crippen molar-refractivity contribution < 1.29 is 4.39 Å². The standard InChI is InChI=1S/C6H9F/c1-2-5-3-6(7)4-5/h2,6H,3-4H2,1H3. The lowest BCUT2D eigenvalue weighted by molar-refractivity contribution is 0.272. The second kappa shape index (κ2) is 1.65. The van der Waals surface area contributed by atoms with Gasteiger partial charge in [-0.05, 0) is 19.8 Å². The molecule has 0 atom stereocenters. The number of alkyl halides is 1. The molecule has 0 aromatic rings. The SMILES string of the molecule is CC=C1CC(F)C1. The van der Waals surface area contributed by atoms with E-state index in [1.54, 1.807) is 0 Å². The van der Waals surface area contributed by atoms with Crippen LogP contribution in [0.25, 0.3) is 0 Å². The highest BCUT2D eigenvalue weighted by Gasteiger charge is 2.20. The second-order valence-corrected chi connectivity index (χ2v) is 1.95. The fourth-order valence-electron chi connectivity index (χ4n) is 0.745. The van der Waals surface area contributed by atoms with E-state index in [4.69, 9.17) is 0 Å². The van der Waals surface area contributed by atoms with Gasteiger partial charge >= 0.3 is 0 Å². The average Bonchev–Trinajstić information content (AvgIpc) is 1.58. The van der Waals surface area contributed by atoms with Crippen molar-refractivity contribution in [2.45, 2.75) is 25.9 Å². The van der Waals surface area contributed by atoms with Crippen molar-refractivity contribution in [2.75, 3.05) is 0 Å². The quantitative estimate of drug-likeness (QED) is 0.409. The fraction of sp³-hybridized carbons (Fsp3) is 0.667. The zero-order valence-corrected chi connectivity index (χ0v) is 4.45. The van der Waals surface area contributed by atoms with Crippen LogP contribution < -0.4 is 0 Å². The first-order chi connectivity index (χ1) is 3.33. The molecule has 0 spiro atoms. The van der Waals surface area contributed by atoms with Crippen LogP contribution in [0.15, 0.2) is 11.6 Å². The lowest BCUT2D eigenvalue weighted by Gasteiger charge is -2.20. The molecular weight excluding hydrogens is 91.1 g/mol. The summed E-state index contributed by atoms with van der Waals surface area (Å²) in [5, 5.41) is 0. The maximum atomic E-state index is 11.9. The van der Waals surface area contributed by atoms with Gasteiger partial charge in [0.15, 0.2) is 0 Å². The Kier molecular flexibility index (Phi) is 1.13. The molecule has 0 saturated heterocycles. The molecular formula is C6H9F. The summed E-state index contributed by atoms with van der Waals surface area (Å²) in [5.74, 6) is 0. The number of hydrogen-bond acceptors (Lipinski definition) is 0. The predicted octanol–water partition coefficient (Wildman–Crippen LogP) is 2.06. The van der Waals surface area contributed by atoms with E-state index >= 15 is 0 Å². The fourth-order valence-corrected chi connectivity index (χ4v) is 0.745. The molecule has 0 aromatic heterocycles. The highest BCUT2D eigenvalue weighted by atomic mass is 19.1. The number of hydrogen-bond donors (Lipinski definition) is 0. The minimum Gasteiger partial charge on any atom is -0.247 e. The Bertz CT molecular complexity index is 86.4. The topological polar surface area (TPSA) is 0 Å². The van der Waals surface area contributed by atoms with E-state index in [-0.39, 0.29) is 0 Å². The van der Waals surface area contributed by atoms with Crippen LogP contribution in [-0.2, 0) is 0 Å². The molecule has 0 radical (unpaired) electrons. The monoisotopic (exact) mass is 100 g/mol. The number of allylic oxidation sites excluding steroid dienone is 2. The van der Waals surface area contributed by atoms with Gasteiger partial charge in [0.25, 0.3) is 0 Å². The van der Waals surface area contributed by atoms with Crippen LogP contribution in [0.5, 0.6) is 0 Å². The van der Waals surface area contributed by atoms with Crippen LogP contribution >= 0.6 is 0 Å². The van der Waals surface area contributed by atoms with Gasteiger partial charge in [-0.2, -0.15) is 0 Å². The van der Waals surface area contributed by atoms with Gasteiger partial charge < -0.3 is 0 Å². The lowest BCUT2D eigenvalue weighted by Crippen LogP contribution is -2.14. The van der Waals surface area contributed by atoms with Crippen LogP contribution in [0.2, 0.25) is 0 Å². The van der Waals surface area contributed by atoms with Crippen molar-refractivity contribution in [3.63, 3.8) is 0 Å². The van der Waals surface area contributed by atoms with E-state index in [0.717, 1.165) is 0 Å². The van der Waals surface area contributed by atoms with E-state index in [1.165, 1.54) is 5.57 Å². The van der Waals surface area contributed by atoms with Crippen molar-refractivity contribution in [3.8, 4) is 0 Å². The van der Waals surface area contributed by atoms with Crippen LogP contribution in [0.4, 0.5) is 4.39 Å². The third-order valence-corrected chi connectivity index (χ3v) is 1.38. The van der Waals surface area contributed by atoms with Crippen molar-refractivity contribution in [2.24, 2.45) is 0 Å². The average molecular weight is 100 g/mol. The highest BCUT2D eigenvalue weighted by Crippen LogP contribution is 2.28. The largest absolute Gasteiger partial charge is 0.247 e. The number of halogens is 1. The van der Waals surface area contributed by atoms with E-state index in [9.17, 15) is 4.39 Å². The first-order valence-electron chi connectivity index (χ1n) is 2.61. The van der Waals surface area contributed by atoms with E-state index < -0.39 is 6.17 Å². The molecule has 1 aliphatic rings.